The Morgan fingerprint density at radius 2 is 1.37 bits per heavy atom. The number of fused-ring (bicyclic) bond motifs is 8. The lowest BCUT2D eigenvalue weighted by Crippen LogP contribution is -2.21. The molecule has 5 heterocycles. The number of H-pyrrole nitrogens is 2. The van der Waals surface area contributed by atoms with Gasteiger partial charge >= 0.3 is 11.9 Å². The van der Waals surface area contributed by atoms with Gasteiger partial charge in [0.25, 0.3) is 0 Å². The Balaban J connectivity index is 1.25. The average molecular weight is 889 g/mol. The quantitative estimate of drug-likeness (QED) is 0.0494. The number of rotatable bonds is 20. The van der Waals surface area contributed by atoms with E-state index in [0.29, 0.717) is 45.8 Å². The molecule has 10 heteroatoms. The molecule has 3 aromatic heterocycles. The monoisotopic (exact) mass is 889 g/mol. The van der Waals surface area contributed by atoms with Crippen molar-refractivity contribution < 1.29 is 28.7 Å². The first-order chi connectivity index (χ1) is 30.9. The molecule has 7 atom stereocenters. The highest BCUT2D eigenvalue weighted by Gasteiger charge is 2.45. The number of methoxy groups -OCH3 is 1. The Kier molecular flexibility index (Phi) is 16.5. The van der Waals surface area contributed by atoms with E-state index < -0.39 is 11.9 Å². The van der Waals surface area contributed by atoms with Crippen LogP contribution in [0.4, 0.5) is 0 Å². The summed E-state index contributed by atoms with van der Waals surface area (Å²) in [4.78, 5) is 72.1. The lowest BCUT2D eigenvalue weighted by molar-refractivity contribution is -0.143. The summed E-state index contributed by atoms with van der Waals surface area (Å²) in [6.45, 7) is 23.5. The maximum Gasteiger partial charge on any atom is 0.321 e. The Morgan fingerprint density at radius 3 is 2.02 bits per heavy atom. The molecule has 8 bridgehead atoms. The maximum atomic E-state index is 14.4. The van der Waals surface area contributed by atoms with Crippen LogP contribution in [0.1, 0.15) is 229 Å². The minimum absolute atomic E-state index is 0.0532. The number of aryl methyl sites for hydroxylation is 2. The van der Waals surface area contributed by atoms with Crippen molar-refractivity contribution in [2.45, 2.75) is 183 Å². The Morgan fingerprint density at radius 1 is 0.769 bits per heavy atom. The number of esters is 2. The minimum Gasteiger partial charge on any atom is -0.468 e. The van der Waals surface area contributed by atoms with Gasteiger partial charge in [-0.2, -0.15) is 0 Å². The van der Waals surface area contributed by atoms with Gasteiger partial charge in [-0.15, -0.1) is 0 Å². The zero-order chi connectivity index (χ0) is 47.3. The number of allylic oxidation sites excluding steroid dienone is 1. The second-order valence-electron chi connectivity index (χ2n) is 20.3. The highest BCUT2D eigenvalue weighted by Crippen LogP contribution is 2.48. The summed E-state index contributed by atoms with van der Waals surface area (Å²) >= 11 is 0. The number of hydrogen-bond acceptors (Lipinski definition) is 8. The van der Waals surface area contributed by atoms with E-state index in [4.69, 9.17) is 19.4 Å². The third kappa shape index (κ3) is 11.1. The third-order valence-corrected chi connectivity index (χ3v) is 14.9. The van der Waals surface area contributed by atoms with E-state index in [0.717, 1.165) is 70.3 Å². The summed E-state index contributed by atoms with van der Waals surface area (Å²) in [6.07, 6.45) is 14.6. The molecule has 3 aliphatic rings. The largest absolute Gasteiger partial charge is 0.468 e. The van der Waals surface area contributed by atoms with Crippen molar-refractivity contribution in [2.24, 2.45) is 17.8 Å². The second kappa shape index (κ2) is 21.6. The van der Waals surface area contributed by atoms with Crippen molar-refractivity contribution in [3.8, 4) is 0 Å². The number of ketones is 2. The molecule has 0 fully saturated rings. The summed E-state index contributed by atoms with van der Waals surface area (Å²) < 4.78 is 11.1. The maximum absolute atomic E-state index is 14.4. The van der Waals surface area contributed by atoms with E-state index in [2.05, 4.69) is 65.4 Å². The Labute approximate surface area is 387 Å². The van der Waals surface area contributed by atoms with Crippen molar-refractivity contribution >= 4 is 45.6 Å². The zero-order valence-electron chi connectivity index (χ0n) is 41.5. The van der Waals surface area contributed by atoms with Gasteiger partial charge in [-0.05, 0) is 107 Å². The summed E-state index contributed by atoms with van der Waals surface area (Å²) in [5, 5.41) is 0. The minimum atomic E-state index is -1.21. The number of Topliss-reactive ketones (excluding diaryl/α,β-unsaturated/α-hetero) is 2. The average Bonchev–Trinajstić information content (AvgIpc) is 4.00. The van der Waals surface area contributed by atoms with E-state index >= 15 is 0 Å². The molecule has 0 unspecified atom stereocenters. The van der Waals surface area contributed by atoms with Gasteiger partial charge in [-0.25, -0.2) is 0 Å². The van der Waals surface area contributed by atoms with Crippen LogP contribution >= 0.6 is 0 Å². The lowest BCUT2D eigenvalue weighted by Gasteiger charge is -2.18. The van der Waals surface area contributed by atoms with E-state index in [9.17, 15) is 19.2 Å². The molecule has 0 spiro atoms. The first-order valence-electron chi connectivity index (χ1n) is 24.7. The fraction of sp³-hybridized carbons (Fsp3) is 0.600. The molecular formula is C55H76N4O6. The number of carbonyl (C=O) groups is 4. The highest BCUT2D eigenvalue weighted by atomic mass is 16.5. The van der Waals surface area contributed by atoms with Gasteiger partial charge in [0.05, 0.1) is 23.8 Å². The topological polar surface area (TPSA) is 144 Å². The molecule has 1 aliphatic carbocycles. The fourth-order valence-electron chi connectivity index (χ4n) is 10.8. The normalized spacial score (nSPS) is 20.4. The summed E-state index contributed by atoms with van der Waals surface area (Å²) in [5.74, 6) is -0.573. The van der Waals surface area contributed by atoms with Gasteiger partial charge in [-0.1, -0.05) is 99.0 Å². The van der Waals surface area contributed by atoms with Crippen molar-refractivity contribution in [2.75, 3.05) is 13.7 Å². The standard InChI is InChI=1S/C55H76N4O6/c1-13-39-34(7)41-29-46-48(38(11)60)36(9)43(57-46)27-42-35(8)40(52(58-42)50-51(55(63)64-12)54(62)49-37(10)44(59-53(49)50)28-45(39)56-41)23-24-47(61)65-26-25-33(6)22-16-21-32(5)20-15-19-31(4)18-14-17-30(2)3/h25,27-32,34-35,39-40,51,57,59H,13-24,26H2,1-12H3/b33-25+,41-29?,42-27?,43-27?,44-28?,45-28?,46-29?,52-50?/t31-,32-,34+,35+,39+,40+,51+/m1/s1. The summed E-state index contributed by atoms with van der Waals surface area (Å²) in [7, 11) is 1.30. The number of hydrogen-bond donors (Lipinski definition) is 2. The van der Waals surface area contributed by atoms with Crippen LogP contribution in [-0.2, 0) is 19.1 Å². The van der Waals surface area contributed by atoms with Crippen LogP contribution in [0.2, 0.25) is 0 Å². The second-order valence-corrected chi connectivity index (χ2v) is 20.3. The molecule has 0 amide bonds. The molecule has 3 aromatic rings. The number of nitrogens with one attached hydrogen (secondary N) is 2. The Bertz CT molecular complexity index is 2450. The summed E-state index contributed by atoms with van der Waals surface area (Å²) in [5.41, 5.74) is 10.1. The molecule has 2 N–H and O–H groups in total. The van der Waals surface area contributed by atoms with Crippen LogP contribution in [-0.4, -0.2) is 57.2 Å². The molecule has 65 heavy (non-hydrogen) atoms. The smallest absolute Gasteiger partial charge is 0.321 e. The highest BCUT2D eigenvalue weighted by molar-refractivity contribution is 6.23. The van der Waals surface area contributed by atoms with Crippen LogP contribution in [0.5, 0.6) is 0 Å². The van der Waals surface area contributed by atoms with Crippen LogP contribution < -0.4 is 0 Å². The molecule has 0 radical (unpaired) electrons. The lowest BCUT2D eigenvalue weighted by atomic mass is 9.84. The Hall–Kier alpha value is -4.86. The van der Waals surface area contributed by atoms with E-state index in [-0.39, 0.29) is 54.2 Å². The van der Waals surface area contributed by atoms with Crippen LogP contribution in [0.3, 0.4) is 0 Å². The number of ether oxygens (including phenoxy) is 2. The summed E-state index contributed by atoms with van der Waals surface area (Å²) in [6, 6.07) is 5.99. The van der Waals surface area contributed by atoms with Crippen molar-refractivity contribution in [3.05, 3.63) is 80.4 Å². The number of carbonyl (C=O) groups excluding carboxylic acids is 4. The first-order valence-corrected chi connectivity index (χ1v) is 24.7. The first kappa shape index (κ1) is 49.6. The molecule has 0 saturated heterocycles. The van der Waals surface area contributed by atoms with Crippen molar-refractivity contribution in [3.63, 3.8) is 0 Å². The van der Waals surface area contributed by atoms with Gasteiger partial charge in [0, 0.05) is 74.9 Å². The molecule has 6 rings (SSSR count). The molecule has 2 aliphatic heterocycles. The van der Waals surface area contributed by atoms with Gasteiger partial charge in [0.15, 0.2) is 11.6 Å². The van der Waals surface area contributed by atoms with E-state index in [1.807, 2.05) is 38.1 Å². The predicted octanol–water partition coefficient (Wildman–Crippen LogP) is 13.5. The third-order valence-electron chi connectivity index (χ3n) is 14.9. The van der Waals surface area contributed by atoms with Gasteiger partial charge < -0.3 is 19.4 Å². The number of nitrogens with zero attached hydrogens (tertiary/aromatic N) is 2. The zero-order valence-corrected chi connectivity index (χ0v) is 41.5. The van der Waals surface area contributed by atoms with Crippen molar-refractivity contribution in [1.29, 1.82) is 0 Å². The van der Waals surface area contributed by atoms with E-state index in [1.165, 1.54) is 57.6 Å². The van der Waals surface area contributed by atoms with Crippen LogP contribution in [0.25, 0.3) is 22.1 Å². The molecule has 0 saturated carbocycles. The fourth-order valence-corrected chi connectivity index (χ4v) is 10.8. The van der Waals surface area contributed by atoms with E-state index in [1.54, 1.807) is 6.92 Å². The molecule has 0 aromatic carbocycles. The van der Waals surface area contributed by atoms with Gasteiger partial charge in [-0.3, -0.25) is 29.1 Å². The predicted molar refractivity (Wildman–Crippen MR) is 261 cm³/mol. The number of aromatic amines is 2. The number of aromatic nitrogens is 4. The van der Waals surface area contributed by atoms with Crippen molar-refractivity contribution in [1.82, 2.24) is 19.9 Å². The van der Waals surface area contributed by atoms with Crippen LogP contribution in [0.15, 0.2) is 29.8 Å². The SMILES string of the molecule is CC[C@@H]1c2cc3[nH]c4c(c3C)C(=O)[C@@H](C(=O)OC)c4c3nc(cc4[nH]c(cc(n2)[C@H]1C)c(C(C)=O)c4C)[C@@H](C)[C@@H]3CCC(=O)OC/C=C(\C)CCC[C@H](C)CCC[C@H](C)CCCC(C)C. The molecule has 10 nitrogen and oxygen atoms in total. The molecular weight excluding hydrogens is 813 g/mol. The van der Waals surface area contributed by atoms with Crippen LogP contribution in [0, 0.1) is 31.6 Å². The van der Waals surface area contributed by atoms with Gasteiger partial charge in [0.2, 0.25) is 0 Å². The molecule has 352 valence electrons. The van der Waals surface area contributed by atoms with Gasteiger partial charge in [0.1, 0.15) is 12.5 Å².